The smallest absolute Gasteiger partial charge is 0.125 e. The van der Waals surface area contributed by atoms with Crippen LogP contribution in [0.25, 0.3) is 43.9 Å². The van der Waals surface area contributed by atoms with Gasteiger partial charge in [-0.3, -0.25) is 4.90 Å². The first-order chi connectivity index (χ1) is 29.4. The van der Waals surface area contributed by atoms with Crippen LogP contribution in [0.4, 0.5) is 0 Å². The van der Waals surface area contributed by atoms with E-state index in [0.29, 0.717) is 18.2 Å². The summed E-state index contributed by atoms with van der Waals surface area (Å²) in [6, 6.07) is 25.9. The standard InChI is InChI=1S/C51H56N6O3/c1-33-21-41(60-3)23-44-47(34-11-7-19-52-24-34)32-57(50(33)44)30-39-16-15-35(25-53-39)46-31-56(49-18-17-40(59-2)22-43(46)49)29-38-10-6-9-37(51(38)58)28-55-20-8-12-36(27-55)45-26-54-48-14-5-4-13-42(45)48/h4-6,9-11,13-15,17-18,21-23,26,31-32,36,39,52-54,58H,7-8,12,16,19-20,24-25,27-30H2,1-3H3/t36-,39?/m0/s1. The minimum absolute atomic E-state index is 0.289. The van der Waals surface area contributed by atoms with Crippen molar-refractivity contribution in [3.8, 4) is 17.2 Å². The fourth-order valence-corrected chi connectivity index (χ4v) is 10.3. The topological polar surface area (TPSA) is 91.6 Å². The number of H-pyrrole nitrogens is 1. The largest absolute Gasteiger partial charge is 0.507 e. The molecule has 0 bridgehead atoms. The van der Waals surface area contributed by atoms with Crippen molar-refractivity contribution in [2.24, 2.45) is 0 Å². The number of piperidine rings is 1. The quantitative estimate of drug-likeness (QED) is 0.104. The number of methoxy groups -OCH3 is 2. The van der Waals surface area contributed by atoms with Gasteiger partial charge in [-0.15, -0.1) is 0 Å². The first-order valence-electron chi connectivity index (χ1n) is 21.7. The van der Waals surface area contributed by atoms with E-state index in [2.05, 4.69) is 134 Å². The van der Waals surface area contributed by atoms with Crippen molar-refractivity contribution in [3.05, 3.63) is 137 Å². The lowest BCUT2D eigenvalue weighted by Gasteiger charge is -2.33. The molecule has 60 heavy (non-hydrogen) atoms. The van der Waals surface area contributed by atoms with E-state index < -0.39 is 0 Å². The summed E-state index contributed by atoms with van der Waals surface area (Å²) < 4.78 is 16.2. The number of phenols is 1. The molecule has 3 aliphatic rings. The van der Waals surface area contributed by atoms with E-state index in [4.69, 9.17) is 9.47 Å². The molecule has 1 fully saturated rings. The van der Waals surface area contributed by atoms with Crippen molar-refractivity contribution in [1.29, 1.82) is 0 Å². The average molecular weight is 801 g/mol. The Morgan fingerprint density at radius 3 is 2.42 bits per heavy atom. The molecule has 9 heteroatoms. The number of aromatic amines is 1. The van der Waals surface area contributed by atoms with E-state index in [1.807, 2.05) is 6.07 Å². The third-order valence-corrected chi connectivity index (χ3v) is 13.3. The summed E-state index contributed by atoms with van der Waals surface area (Å²) in [5.41, 5.74) is 13.3. The summed E-state index contributed by atoms with van der Waals surface area (Å²) in [4.78, 5) is 6.00. The number of nitrogens with one attached hydrogen (secondary N) is 3. The lowest BCUT2D eigenvalue weighted by Crippen LogP contribution is -2.36. The number of hydrogen-bond acceptors (Lipinski definition) is 6. The molecule has 1 unspecified atom stereocenters. The zero-order chi connectivity index (χ0) is 40.7. The molecule has 3 aliphatic heterocycles. The molecular formula is C51H56N6O3. The fourth-order valence-electron chi connectivity index (χ4n) is 10.3. The minimum atomic E-state index is 0.289. The van der Waals surface area contributed by atoms with Crippen molar-refractivity contribution in [3.63, 3.8) is 0 Å². The second kappa shape index (κ2) is 16.4. The first kappa shape index (κ1) is 38.5. The summed E-state index contributed by atoms with van der Waals surface area (Å²) in [5, 5.41) is 23.0. The molecule has 0 spiro atoms. The minimum Gasteiger partial charge on any atom is -0.507 e. The van der Waals surface area contributed by atoms with Crippen LogP contribution in [0.5, 0.6) is 17.2 Å². The van der Waals surface area contributed by atoms with Gasteiger partial charge in [0.2, 0.25) is 0 Å². The van der Waals surface area contributed by atoms with E-state index in [-0.39, 0.29) is 6.04 Å². The maximum Gasteiger partial charge on any atom is 0.125 e. The van der Waals surface area contributed by atoms with Crippen molar-refractivity contribution in [2.45, 2.75) is 64.2 Å². The predicted molar refractivity (Wildman–Crippen MR) is 244 cm³/mol. The molecule has 1 saturated heterocycles. The van der Waals surface area contributed by atoms with E-state index in [1.165, 1.54) is 61.6 Å². The van der Waals surface area contributed by atoms with E-state index in [9.17, 15) is 5.11 Å². The van der Waals surface area contributed by atoms with Gasteiger partial charge in [0.1, 0.15) is 17.2 Å². The van der Waals surface area contributed by atoms with E-state index in [0.717, 1.165) is 98.6 Å². The second-order valence-corrected chi connectivity index (χ2v) is 17.1. The molecule has 0 aliphatic carbocycles. The molecule has 4 N–H and O–H groups in total. The van der Waals surface area contributed by atoms with Crippen LogP contribution in [0.3, 0.4) is 0 Å². The molecule has 9 nitrogen and oxygen atoms in total. The molecule has 4 aromatic carbocycles. The van der Waals surface area contributed by atoms with Gasteiger partial charge in [0.05, 0.1) is 26.3 Å². The number of hydrogen-bond donors (Lipinski definition) is 4. The number of benzene rings is 4. The summed E-state index contributed by atoms with van der Waals surface area (Å²) in [6.45, 7) is 9.08. The lowest BCUT2D eigenvalue weighted by molar-refractivity contribution is 0.198. The van der Waals surface area contributed by atoms with Gasteiger partial charge < -0.3 is 39.3 Å². The normalized spacial score (nSPS) is 18.9. The number of likely N-dealkylation sites (tertiary alicyclic amines) is 1. The summed E-state index contributed by atoms with van der Waals surface area (Å²) in [7, 11) is 3.48. The maximum atomic E-state index is 11.8. The molecule has 7 aromatic rings. The Morgan fingerprint density at radius 1 is 0.800 bits per heavy atom. The Kier molecular flexibility index (Phi) is 10.5. The first-order valence-corrected chi connectivity index (χ1v) is 21.7. The van der Waals surface area contributed by atoms with Crippen LogP contribution in [0.15, 0.2) is 104 Å². The molecule has 308 valence electrons. The summed E-state index contributed by atoms with van der Waals surface area (Å²) >= 11 is 0. The number of phenolic OH excluding ortho intramolecular Hbond substituents is 1. The highest BCUT2D eigenvalue weighted by molar-refractivity contribution is 5.97. The Balaban J connectivity index is 0.887. The number of aryl methyl sites for hydroxylation is 1. The van der Waals surface area contributed by atoms with Crippen LogP contribution < -0.4 is 20.1 Å². The molecule has 0 radical (unpaired) electrons. The number of aromatic hydroxyl groups is 1. The Bertz CT molecular complexity index is 2770. The predicted octanol–water partition coefficient (Wildman–Crippen LogP) is 9.36. The monoisotopic (exact) mass is 800 g/mol. The van der Waals surface area contributed by atoms with Crippen LogP contribution in [-0.2, 0) is 19.6 Å². The van der Waals surface area contributed by atoms with Crippen LogP contribution in [0, 0.1) is 6.92 Å². The zero-order valence-electron chi connectivity index (χ0n) is 35.1. The van der Waals surface area contributed by atoms with E-state index in [1.54, 1.807) is 14.2 Å². The SMILES string of the molecule is COc1ccc2c(c1)c(C1=CCC(Cn3cc(C4=CCCNC4)c4cc(OC)cc(C)c43)NC1)cn2Cc1cccc(CN2CCC[C@H](c3c[nH]c4ccccc34)C2)c1O. The van der Waals surface area contributed by atoms with Crippen LogP contribution >= 0.6 is 0 Å². The van der Waals surface area contributed by atoms with Gasteiger partial charge in [-0.2, -0.15) is 0 Å². The number of nitrogens with zero attached hydrogens (tertiary/aromatic N) is 3. The summed E-state index contributed by atoms with van der Waals surface area (Å²) in [6.07, 6.45) is 15.9. The van der Waals surface area contributed by atoms with Crippen molar-refractivity contribution < 1.29 is 14.6 Å². The third kappa shape index (κ3) is 7.29. The van der Waals surface area contributed by atoms with Crippen molar-refractivity contribution in [1.82, 2.24) is 29.7 Å². The highest BCUT2D eigenvalue weighted by Crippen LogP contribution is 2.38. The van der Waals surface area contributed by atoms with Crippen LogP contribution in [0.1, 0.15) is 65.0 Å². The molecule has 0 saturated carbocycles. The van der Waals surface area contributed by atoms with Gasteiger partial charge in [0, 0.05) is 107 Å². The molecule has 0 amide bonds. The van der Waals surface area contributed by atoms with E-state index >= 15 is 0 Å². The molecule has 2 atom stereocenters. The lowest BCUT2D eigenvalue weighted by atomic mass is 9.90. The Hall–Kier alpha value is -5.74. The van der Waals surface area contributed by atoms with Gasteiger partial charge >= 0.3 is 0 Å². The van der Waals surface area contributed by atoms with Gasteiger partial charge in [-0.1, -0.05) is 48.6 Å². The molecule has 6 heterocycles. The number of fused-ring (bicyclic) bond motifs is 3. The highest BCUT2D eigenvalue weighted by Gasteiger charge is 2.26. The molecule has 3 aromatic heterocycles. The fraction of sp³-hybridized carbons (Fsp3) is 0.333. The van der Waals surface area contributed by atoms with Crippen LogP contribution in [-0.4, -0.2) is 77.1 Å². The average Bonchev–Trinajstić information content (AvgIpc) is 3.99. The van der Waals surface area contributed by atoms with Crippen LogP contribution in [0.2, 0.25) is 0 Å². The second-order valence-electron chi connectivity index (χ2n) is 17.1. The number of para-hydroxylation sites is 2. The number of aromatic nitrogens is 3. The number of ether oxygens (including phenoxy) is 2. The van der Waals surface area contributed by atoms with Gasteiger partial charge in [0.25, 0.3) is 0 Å². The highest BCUT2D eigenvalue weighted by atomic mass is 16.5. The summed E-state index contributed by atoms with van der Waals surface area (Å²) in [5.74, 6) is 2.61. The molecular weight excluding hydrogens is 745 g/mol. The van der Waals surface area contributed by atoms with Gasteiger partial charge in [-0.25, -0.2) is 0 Å². The van der Waals surface area contributed by atoms with Crippen molar-refractivity contribution >= 4 is 43.9 Å². The molecule has 10 rings (SSSR count). The Labute approximate surface area is 352 Å². The van der Waals surface area contributed by atoms with Gasteiger partial charge in [-0.05, 0) is 110 Å². The van der Waals surface area contributed by atoms with Gasteiger partial charge in [0.15, 0.2) is 0 Å². The third-order valence-electron chi connectivity index (χ3n) is 13.3. The van der Waals surface area contributed by atoms with Crippen molar-refractivity contribution in [2.75, 3.05) is 46.9 Å². The number of rotatable bonds is 11. The zero-order valence-corrected chi connectivity index (χ0v) is 35.1. The maximum absolute atomic E-state index is 11.8. The Morgan fingerprint density at radius 2 is 1.60 bits per heavy atom.